The van der Waals surface area contributed by atoms with Gasteiger partial charge in [-0.15, -0.1) is 10.2 Å². The molecule has 1 rings (SSSR count). The molecule has 13 heavy (non-hydrogen) atoms. The van der Waals surface area contributed by atoms with E-state index >= 15 is 0 Å². The lowest BCUT2D eigenvalue weighted by Crippen LogP contribution is -2.24. The van der Waals surface area contributed by atoms with Gasteiger partial charge in [0.05, 0.1) is 0 Å². The minimum atomic E-state index is 0.0382. The number of nitrogens with one attached hydrogen (secondary N) is 1. The van der Waals surface area contributed by atoms with E-state index in [0.717, 1.165) is 0 Å². The molecule has 72 valence electrons. The predicted octanol–water partition coefficient (Wildman–Crippen LogP) is 0.447. The highest BCUT2D eigenvalue weighted by Crippen LogP contribution is 1.97. The number of nitrogens with zero attached hydrogens (tertiary/aromatic N) is 2. The van der Waals surface area contributed by atoms with Crippen LogP contribution < -0.4 is 5.32 Å². The zero-order valence-electron chi connectivity index (χ0n) is 7.83. The Morgan fingerprint density at radius 3 is 2.85 bits per heavy atom. The van der Waals surface area contributed by atoms with Crippen molar-refractivity contribution in [2.45, 2.75) is 26.7 Å². The van der Waals surface area contributed by atoms with Gasteiger partial charge < -0.3 is 9.73 Å². The third-order valence-electron chi connectivity index (χ3n) is 1.55. The average Bonchev–Trinajstić information content (AvgIpc) is 2.51. The van der Waals surface area contributed by atoms with Crippen molar-refractivity contribution in [2.24, 2.45) is 0 Å². The van der Waals surface area contributed by atoms with Gasteiger partial charge in [0.25, 0.3) is 0 Å². The van der Waals surface area contributed by atoms with Crippen LogP contribution >= 0.6 is 0 Å². The van der Waals surface area contributed by atoms with Gasteiger partial charge in [-0.05, 0) is 0 Å². The van der Waals surface area contributed by atoms with E-state index in [2.05, 4.69) is 15.5 Å². The zero-order valence-corrected chi connectivity index (χ0v) is 7.83. The Labute approximate surface area is 76.5 Å². The second-order valence-electron chi connectivity index (χ2n) is 2.67. The van der Waals surface area contributed by atoms with Crippen molar-refractivity contribution in [1.82, 2.24) is 15.5 Å². The van der Waals surface area contributed by atoms with Gasteiger partial charge in [-0.25, -0.2) is 0 Å². The topological polar surface area (TPSA) is 68.0 Å². The standard InChI is InChI=1S/C8H13N3O2/c1-3-7(12)9-5-4-8-11-10-6(2)13-8/h3-5H2,1-2H3,(H,9,12). The van der Waals surface area contributed by atoms with Crippen LogP contribution in [0.3, 0.4) is 0 Å². The summed E-state index contributed by atoms with van der Waals surface area (Å²) in [5, 5.41) is 10.2. The molecule has 0 unspecified atom stereocenters. The highest BCUT2D eigenvalue weighted by Gasteiger charge is 2.02. The summed E-state index contributed by atoms with van der Waals surface area (Å²) in [6, 6.07) is 0. The quantitative estimate of drug-likeness (QED) is 0.735. The molecule has 0 radical (unpaired) electrons. The van der Waals surface area contributed by atoms with Gasteiger partial charge in [0.2, 0.25) is 17.7 Å². The van der Waals surface area contributed by atoms with Gasteiger partial charge in [-0.2, -0.15) is 0 Å². The van der Waals surface area contributed by atoms with Crippen LogP contribution in [-0.4, -0.2) is 22.6 Å². The van der Waals surface area contributed by atoms with Gasteiger partial charge in [0.1, 0.15) is 0 Å². The second kappa shape index (κ2) is 4.59. The maximum Gasteiger partial charge on any atom is 0.219 e. The molecule has 0 aliphatic heterocycles. The van der Waals surface area contributed by atoms with Crippen molar-refractivity contribution in [2.75, 3.05) is 6.54 Å². The Kier molecular flexibility index (Phi) is 3.42. The number of aromatic nitrogens is 2. The number of rotatable bonds is 4. The molecule has 0 bridgehead atoms. The van der Waals surface area contributed by atoms with E-state index in [-0.39, 0.29) is 5.91 Å². The van der Waals surface area contributed by atoms with E-state index in [0.29, 0.717) is 31.2 Å². The fourth-order valence-electron chi connectivity index (χ4n) is 0.872. The Morgan fingerprint density at radius 2 is 2.31 bits per heavy atom. The molecule has 0 aromatic carbocycles. The Morgan fingerprint density at radius 1 is 1.54 bits per heavy atom. The molecule has 0 spiro atoms. The van der Waals surface area contributed by atoms with E-state index in [1.165, 1.54) is 0 Å². The Balaban J connectivity index is 2.24. The lowest BCUT2D eigenvalue weighted by Gasteiger charge is -1.99. The molecular formula is C8H13N3O2. The van der Waals surface area contributed by atoms with E-state index < -0.39 is 0 Å². The number of hydrogen-bond acceptors (Lipinski definition) is 4. The van der Waals surface area contributed by atoms with Gasteiger partial charge >= 0.3 is 0 Å². The summed E-state index contributed by atoms with van der Waals surface area (Å²) in [7, 11) is 0. The van der Waals surface area contributed by atoms with Crippen molar-refractivity contribution >= 4 is 5.91 Å². The molecule has 0 atom stereocenters. The van der Waals surface area contributed by atoms with Crippen molar-refractivity contribution in [3.63, 3.8) is 0 Å². The molecule has 1 N–H and O–H groups in total. The smallest absolute Gasteiger partial charge is 0.219 e. The number of amides is 1. The fourth-order valence-corrected chi connectivity index (χ4v) is 0.872. The minimum Gasteiger partial charge on any atom is -0.426 e. The molecule has 0 saturated heterocycles. The second-order valence-corrected chi connectivity index (χ2v) is 2.67. The van der Waals surface area contributed by atoms with Gasteiger partial charge in [0.15, 0.2) is 0 Å². The molecule has 1 aromatic heterocycles. The molecular weight excluding hydrogens is 170 g/mol. The summed E-state index contributed by atoms with van der Waals surface area (Å²) >= 11 is 0. The maximum atomic E-state index is 10.8. The molecule has 0 saturated carbocycles. The van der Waals surface area contributed by atoms with Gasteiger partial charge in [-0.1, -0.05) is 6.92 Å². The molecule has 0 aliphatic carbocycles. The number of carbonyl (C=O) groups excluding carboxylic acids is 1. The lowest BCUT2D eigenvalue weighted by molar-refractivity contribution is -0.120. The molecule has 5 nitrogen and oxygen atoms in total. The normalized spacial score (nSPS) is 10.0. The van der Waals surface area contributed by atoms with Crippen LogP contribution in [0.2, 0.25) is 0 Å². The first kappa shape index (κ1) is 9.70. The predicted molar refractivity (Wildman–Crippen MR) is 46.0 cm³/mol. The first-order valence-electron chi connectivity index (χ1n) is 4.28. The zero-order chi connectivity index (χ0) is 9.68. The summed E-state index contributed by atoms with van der Waals surface area (Å²) in [5.74, 6) is 1.15. The van der Waals surface area contributed by atoms with E-state index in [9.17, 15) is 4.79 Å². The van der Waals surface area contributed by atoms with Crippen molar-refractivity contribution in [3.05, 3.63) is 11.8 Å². The largest absolute Gasteiger partial charge is 0.426 e. The average molecular weight is 183 g/mol. The lowest BCUT2D eigenvalue weighted by atomic mass is 10.4. The SMILES string of the molecule is CCC(=O)NCCc1nnc(C)o1. The number of aryl methyl sites for hydroxylation is 1. The molecule has 1 amide bonds. The van der Waals surface area contributed by atoms with Gasteiger partial charge in [-0.3, -0.25) is 4.79 Å². The Bertz CT molecular complexity index is 283. The summed E-state index contributed by atoms with van der Waals surface area (Å²) in [5.41, 5.74) is 0. The van der Waals surface area contributed by atoms with Crippen LogP contribution in [-0.2, 0) is 11.2 Å². The summed E-state index contributed by atoms with van der Waals surface area (Å²) in [6.45, 7) is 4.10. The molecule has 1 aromatic rings. The maximum absolute atomic E-state index is 10.8. The summed E-state index contributed by atoms with van der Waals surface area (Å²) < 4.78 is 5.13. The van der Waals surface area contributed by atoms with Crippen molar-refractivity contribution < 1.29 is 9.21 Å². The molecule has 0 aliphatic rings. The highest BCUT2D eigenvalue weighted by molar-refractivity contribution is 5.75. The Hall–Kier alpha value is -1.39. The molecule has 1 heterocycles. The number of hydrogen-bond donors (Lipinski definition) is 1. The van der Waals surface area contributed by atoms with Crippen molar-refractivity contribution in [3.8, 4) is 0 Å². The third-order valence-corrected chi connectivity index (χ3v) is 1.55. The van der Waals surface area contributed by atoms with Crippen LogP contribution in [0.4, 0.5) is 0 Å². The van der Waals surface area contributed by atoms with E-state index in [1.54, 1.807) is 6.92 Å². The third kappa shape index (κ3) is 3.23. The minimum absolute atomic E-state index is 0.0382. The highest BCUT2D eigenvalue weighted by atomic mass is 16.4. The van der Waals surface area contributed by atoms with E-state index in [4.69, 9.17) is 4.42 Å². The first-order valence-corrected chi connectivity index (χ1v) is 4.28. The van der Waals surface area contributed by atoms with Gasteiger partial charge in [0, 0.05) is 26.3 Å². The van der Waals surface area contributed by atoms with E-state index in [1.807, 2.05) is 6.92 Å². The van der Waals surface area contributed by atoms with Crippen LogP contribution in [0.1, 0.15) is 25.1 Å². The monoisotopic (exact) mass is 183 g/mol. The fraction of sp³-hybridized carbons (Fsp3) is 0.625. The van der Waals surface area contributed by atoms with Crippen LogP contribution in [0, 0.1) is 6.92 Å². The first-order chi connectivity index (χ1) is 6.22. The van der Waals surface area contributed by atoms with Crippen LogP contribution in [0.15, 0.2) is 4.42 Å². The van der Waals surface area contributed by atoms with Crippen molar-refractivity contribution in [1.29, 1.82) is 0 Å². The molecule has 0 fully saturated rings. The summed E-state index contributed by atoms with van der Waals surface area (Å²) in [6.07, 6.45) is 1.09. The summed E-state index contributed by atoms with van der Waals surface area (Å²) in [4.78, 5) is 10.8. The van der Waals surface area contributed by atoms with Crippen LogP contribution in [0.5, 0.6) is 0 Å². The molecule has 5 heteroatoms. The van der Waals surface area contributed by atoms with Crippen LogP contribution in [0.25, 0.3) is 0 Å². The number of carbonyl (C=O) groups is 1.